The maximum Gasteiger partial charge on any atom is 0.253 e. The molecule has 0 unspecified atom stereocenters. The average molecular weight is 469 g/mol. The van der Waals surface area contributed by atoms with Crippen LogP contribution in [0.25, 0.3) is 0 Å². The van der Waals surface area contributed by atoms with Gasteiger partial charge in [-0.2, -0.15) is 4.31 Å². The number of nitrogens with one attached hydrogen (secondary N) is 1. The normalized spacial score (nSPS) is 21.2. The van der Waals surface area contributed by atoms with Crippen LogP contribution >= 0.6 is 0 Å². The molecule has 3 aliphatic heterocycles. The molecule has 0 spiro atoms. The summed E-state index contributed by atoms with van der Waals surface area (Å²) in [5, 5.41) is 2.95. The Labute approximate surface area is 194 Å². The predicted molar refractivity (Wildman–Crippen MR) is 126 cm³/mol. The number of sulfonamides is 1. The molecule has 1 atom stereocenters. The molecule has 2 saturated heterocycles. The molecule has 2 aromatic rings. The summed E-state index contributed by atoms with van der Waals surface area (Å²) in [6.45, 7) is 4.19. The molecule has 3 heterocycles. The molecule has 0 aromatic heterocycles. The fraction of sp³-hybridized carbons (Fsp3) is 0.417. The van der Waals surface area contributed by atoms with E-state index in [9.17, 15) is 18.0 Å². The summed E-state index contributed by atoms with van der Waals surface area (Å²) in [6.07, 6.45) is 2.39. The highest BCUT2D eigenvalue weighted by atomic mass is 32.2. The van der Waals surface area contributed by atoms with Crippen molar-refractivity contribution in [3.63, 3.8) is 0 Å². The summed E-state index contributed by atoms with van der Waals surface area (Å²) in [4.78, 5) is 29.8. The first kappa shape index (κ1) is 21.9. The molecule has 174 valence electrons. The van der Waals surface area contributed by atoms with Crippen LogP contribution in [0.4, 0.5) is 11.4 Å². The van der Waals surface area contributed by atoms with Crippen molar-refractivity contribution in [2.45, 2.75) is 37.1 Å². The Bertz CT molecular complexity index is 1200. The second-order valence-electron chi connectivity index (χ2n) is 8.94. The lowest BCUT2D eigenvalue weighted by Crippen LogP contribution is -2.44. The highest BCUT2D eigenvalue weighted by Gasteiger charge is 2.36. The van der Waals surface area contributed by atoms with Crippen molar-refractivity contribution < 1.29 is 18.0 Å². The highest BCUT2D eigenvalue weighted by molar-refractivity contribution is 7.89. The van der Waals surface area contributed by atoms with E-state index < -0.39 is 10.0 Å². The van der Waals surface area contributed by atoms with Gasteiger partial charge in [0.2, 0.25) is 15.9 Å². The van der Waals surface area contributed by atoms with Crippen LogP contribution in [0.3, 0.4) is 0 Å². The van der Waals surface area contributed by atoms with Gasteiger partial charge >= 0.3 is 0 Å². The van der Waals surface area contributed by atoms with Crippen molar-refractivity contribution in [2.24, 2.45) is 0 Å². The van der Waals surface area contributed by atoms with Gasteiger partial charge in [0.15, 0.2) is 0 Å². The minimum absolute atomic E-state index is 0.0173. The number of fused-ring (bicyclic) bond motifs is 3. The molecule has 8 nitrogen and oxygen atoms in total. The topological polar surface area (TPSA) is 90.0 Å². The Hall–Kier alpha value is -2.91. The molecule has 0 bridgehead atoms. The van der Waals surface area contributed by atoms with Gasteiger partial charge in [-0.25, -0.2) is 8.42 Å². The first-order valence-corrected chi connectivity index (χ1v) is 12.9. The first-order valence-electron chi connectivity index (χ1n) is 11.4. The molecule has 5 rings (SSSR count). The molecule has 3 aliphatic rings. The number of anilines is 2. The molecule has 0 aliphatic carbocycles. The van der Waals surface area contributed by atoms with Crippen molar-refractivity contribution >= 4 is 33.2 Å². The zero-order valence-corrected chi connectivity index (χ0v) is 19.5. The van der Waals surface area contributed by atoms with E-state index in [4.69, 9.17) is 0 Å². The van der Waals surface area contributed by atoms with Gasteiger partial charge in [0.25, 0.3) is 5.91 Å². The maximum absolute atomic E-state index is 13.2. The quantitative estimate of drug-likeness (QED) is 0.747. The van der Waals surface area contributed by atoms with Gasteiger partial charge in [0.05, 0.1) is 16.3 Å². The standard InChI is InChI=1S/C24H28N4O4S/c1-17-5-8-19(9-6-17)33(31,32)27-12-3-11-26(14-15-27)24(30)18-7-10-21-20(16-18)25-23(29)22-4-2-13-28(21)22/h5-10,16,22H,2-4,11-15H2,1H3,(H,25,29)/t22-/m0/s1. The lowest BCUT2D eigenvalue weighted by molar-refractivity contribution is -0.117. The molecule has 33 heavy (non-hydrogen) atoms. The maximum atomic E-state index is 13.2. The number of carbonyl (C=O) groups is 2. The molecule has 0 saturated carbocycles. The summed E-state index contributed by atoms with van der Waals surface area (Å²) in [5.74, 6) is -0.165. The van der Waals surface area contributed by atoms with Crippen molar-refractivity contribution in [1.29, 1.82) is 0 Å². The Morgan fingerprint density at radius 1 is 0.970 bits per heavy atom. The van der Waals surface area contributed by atoms with E-state index in [1.165, 1.54) is 4.31 Å². The number of benzene rings is 2. The number of carbonyl (C=O) groups excluding carboxylic acids is 2. The fourth-order valence-corrected chi connectivity index (χ4v) is 6.41. The Morgan fingerprint density at radius 3 is 2.55 bits per heavy atom. The van der Waals surface area contributed by atoms with Crippen LogP contribution in [-0.4, -0.2) is 68.2 Å². The summed E-state index contributed by atoms with van der Waals surface area (Å²) in [6, 6.07) is 12.2. The fourth-order valence-electron chi connectivity index (χ4n) is 4.94. The largest absolute Gasteiger partial charge is 0.358 e. The lowest BCUT2D eigenvalue weighted by atomic mass is 10.1. The van der Waals surface area contributed by atoms with E-state index in [1.54, 1.807) is 41.3 Å². The van der Waals surface area contributed by atoms with E-state index >= 15 is 0 Å². The third kappa shape index (κ3) is 4.00. The number of hydrogen-bond donors (Lipinski definition) is 1. The molecule has 2 aromatic carbocycles. The molecule has 1 N–H and O–H groups in total. The third-order valence-corrected chi connectivity index (χ3v) is 8.68. The van der Waals surface area contributed by atoms with Crippen LogP contribution in [0.5, 0.6) is 0 Å². The Kier molecular flexibility index (Phi) is 5.62. The van der Waals surface area contributed by atoms with Crippen molar-refractivity contribution in [3.05, 3.63) is 53.6 Å². The minimum Gasteiger partial charge on any atom is -0.358 e. The van der Waals surface area contributed by atoms with Crippen molar-refractivity contribution in [3.8, 4) is 0 Å². The number of aryl methyl sites for hydroxylation is 1. The number of amides is 2. The summed E-state index contributed by atoms with van der Waals surface area (Å²) < 4.78 is 27.6. The van der Waals surface area contributed by atoms with Crippen molar-refractivity contribution in [2.75, 3.05) is 42.9 Å². The summed E-state index contributed by atoms with van der Waals surface area (Å²) >= 11 is 0. The predicted octanol–water partition coefficient (Wildman–Crippen LogP) is 2.45. The van der Waals surface area contributed by atoms with Gasteiger partial charge < -0.3 is 15.1 Å². The zero-order valence-electron chi connectivity index (χ0n) is 18.7. The van der Waals surface area contributed by atoms with Crippen LogP contribution in [0.1, 0.15) is 35.2 Å². The van der Waals surface area contributed by atoms with Crippen LogP contribution in [0.2, 0.25) is 0 Å². The van der Waals surface area contributed by atoms with Gasteiger partial charge in [-0.1, -0.05) is 17.7 Å². The van der Waals surface area contributed by atoms with E-state index in [0.717, 1.165) is 30.6 Å². The van der Waals surface area contributed by atoms with Crippen molar-refractivity contribution in [1.82, 2.24) is 9.21 Å². The summed E-state index contributed by atoms with van der Waals surface area (Å²) in [5.41, 5.74) is 3.13. The smallest absolute Gasteiger partial charge is 0.253 e. The molecular formula is C24H28N4O4S. The second kappa shape index (κ2) is 8.46. The minimum atomic E-state index is -3.60. The van der Waals surface area contributed by atoms with Gasteiger partial charge in [-0.3, -0.25) is 9.59 Å². The van der Waals surface area contributed by atoms with Crippen LogP contribution in [0.15, 0.2) is 47.4 Å². The van der Waals surface area contributed by atoms with Crippen LogP contribution in [-0.2, 0) is 14.8 Å². The Morgan fingerprint density at radius 2 is 1.76 bits per heavy atom. The number of rotatable bonds is 3. The Balaban J connectivity index is 1.31. The van der Waals surface area contributed by atoms with Gasteiger partial charge in [0.1, 0.15) is 6.04 Å². The SMILES string of the molecule is Cc1ccc(S(=O)(=O)N2CCCN(C(=O)c3ccc4c(c3)NC(=O)[C@@H]3CCCN43)CC2)cc1. The zero-order chi connectivity index (χ0) is 23.2. The third-order valence-electron chi connectivity index (χ3n) is 6.77. The van der Waals surface area contributed by atoms with Gasteiger partial charge in [-0.15, -0.1) is 0 Å². The van der Waals surface area contributed by atoms with E-state index in [2.05, 4.69) is 10.2 Å². The van der Waals surface area contributed by atoms with E-state index in [1.807, 2.05) is 13.0 Å². The van der Waals surface area contributed by atoms with E-state index in [0.29, 0.717) is 37.3 Å². The van der Waals surface area contributed by atoms with E-state index in [-0.39, 0.29) is 29.3 Å². The molecule has 2 fully saturated rings. The first-order chi connectivity index (χ1) is 15.8. The van der Waals surface area contributed by atoms with Gasteiger partial charge in [0, 0.05) is 38.3 Å². The number of nitrogens with zero attached hydrogens (tertiary/aromatic N) is 3. The van der Waals surface area contributed by atoms with Gasteiger partial charge in [-0.05, 0) is 56.5 Å². The highest BCUT2D eigenvalue weighted by Crippen LogP contribution is 2.37. The lowest BCUT2D eigenvalue weighted by Gasteiger charge is -2.33. The second-order valence-corrected chi connectivity index (χ2v) is 10.9. The molecule has 2 amide bonds. The van der Waals surface area contributed by atoms with Crippen LogP contribution < -0.4 is 10.2 Å². The molecular weight excluding hydrogens is 440 g/mol. The molecule has 0 radical (unpaired) electrons. The molecule has 9 heteroatoms. The monoisotopic (exact) mass is 468 g/mol. The summed E-state index contributed by atoms with van der Waals surface area (Å²) in [7, 11) is -3.60. The average Bonchev–Trinajstić information content (AvgIpc) is 3.17. The number of hydrogen-bond acceptors (Lipinski definition) is 5. The van der Waals surface area contributed by atoms with Crippen LogP contribution in [0, 0.1) is 6.92 Å².